The highest BCUT2D eigenvalue weighted by Crippen LogP contribution is 2.32. The van der Waals surface area contributed by atoms with Crippen molar-refractivity contribution >= 4 is 23.1 Å². The second kappa shape index (κ2) is 8.30. The molecular formula is C23H26N2O3. The van der Waals surface area contributed by atoms with Gasteiger partial charge in [-0.25, -0.2) is 0 Å². The summed E-state index contributed by atoms with van der Waals surface area (Å²) >= 11 is 0. The molecule has 0 saturated heterocycles. The molecule has 1 heterocycles. The Hall–Kier alpha value is -3.08. The van der Waals surface area contributed by atoms with E-state index in [0.717, 1.165) is 11.4 Å². The summed E-state index contributed by atoms with van der Waals surface area (Å²) in [6.45, 7) is 8.28. The first-order chi connectivity index (χ1) is 13.4. The van der Waals surface area contributed by atoms with E-state index in [9.17, 15) is 9.59 Å². The lowest BCUT2D eigenvalue weighted by atomic mass is 10.0. The number of amides is 2. The summed E-state index contributed by atoms with van der Waals surface area (Å²) < 4.78 is 5.68. The summed E-state index contributed by atoms with van der Waals surface area (Å²) in [5.41, 5.74) is 2.17. The van der Waals surface area contributed by atoms with Gasteiger partial charge in [-0.1, -0.05) is 44.2 Å². The molecule has 5 heteroatoms. The van der Waals surface area contributed by atoms with E-state index in [0.29, 0.717) is 23.4 Å². The molecule has 1 aliphatic heterocycles. The first kappa shape index (κ1) is 19.7. The van der Waals surface area contributed by atoms with Crippen LogP contribution < -0.4 is 10.1 Å². The summed E-state index contributed by atoms with van der Waals surface area (Å²) in [6, 6.07) is 16.7. The minimum absolute atomic E-state index is 0.0663. The number of carbonyl (C=O) groups is 2. The molecule has 2 aromatic carbocycles. The van der Waals surface area contributed by atoms with E-state index in [1.165, 1.54) is 4.90 Å². The number of imide groups is 1. The molecule has 0 unspecified atom stereocenters. The monoisotopic (exact) mass is 378 g/mol. The third-order valence-electron chi connectivity index (χ3n) is 4.27. The lowest BCUT2D eigenvalue weighted by Gasteiger charge is -2.17. The molecule has 0 radical (unpaired) electrons. The minimum Gasteiger partial charge on any atom is -0.491 e. The van der Waals surface area contributed by atoms with Crippen LogP contribution in [-0.4, -0.2) is 29.4 Å². The Labute approximate surface area is 166 Å². The molecule has 0 aliphatic carbocycles. The van der Waals surface area contributed by atoms with Crippen molar-refractivity contribution in [2.45, 2.75) is 33.8 Å². The van der Waals surface area contributed by atoms with Crippen molar-refractivity contribution in [2.75, 3.05) is 11.9 Å². The lowest BCUT2D eigenvalue weighted by Crippen LogP contribution is -2.35. The summed E-state index contributed by atoms with van der Waals surface area (Å²) in [7, 11) is 0. The van der Waals surface area contributed by atoms with Crippen LogP contribution in [-0.2, 0) is 9.59 Å². The smallest absolute Gasteiger partial charge is 0.278 e. The lowest BCUT2D eigenvalue weighted by molar-refractivity contribution is -0.137. The minimum atomic E-state index is -0.292. The van der Waals surface area contributed by atoms with Crippen molar-refractivity contribution in [3.05, 3.63) is 65.9 Å². The molecule has 0 atom stereocenters. The van der Waals surface area contributed by atoms with Gasteiger partial charge in [-0.05, 0) is 49.6 Å². The van der Waals surface area contributed by atoms with Gasteiger partial charge >= 0.3 is 0 Å². The number of anilines is 1. The van der Waals surface area contributed by atoms with Gasteiger partial charge in [-0.3, -0.25) is 14.5 Å². The van der Waals surface area contributed by atoms with Crippen molar-refractivity contribution in [1.29, 1.82) is 0 Å². The molecule has 5 nitrogen and oxygen atoms in total. The molecule has 2 amide bonds. The summed E-state index contributed by atoms with van der Waals surface area (Å²) in [6.07, 6.45) is 0.0663. The van der Waals surface area contributed by atoms with Crippen LogP contribution in [0.4, 0.5) is 5.69 Å². The number of nitrogens with one attached hydrogen (secondary N) is 1. The highest BCUT2D eigenvalue weighted by atomic mass is 16.5. The van der Waals surface area contributed by atoms with Gasteiger partial charge in [0.05, 0.1) is 11.7 Å². The number of carbonyl (C=O) groups excluding carboxylic acids is 2. The maximum atomic E-state index is 13.1. The largest absolute Gasteiger partial charge is 0.491 e. The Morgan fingerprint density at radius 1 is 0.893 bits per heavy atom. The second-order valence-electron chi connectivity index (χ2n) is 7.55. The number of hydrogen-bond acceptors (Lipinski definition) is 4. The predicted molar refractivity (Wildman–Crippen MR) is 111 cm³/mol. The van der Waals surface area contributed by atoms with Crippen LogP contribution in [0.2, 0.25) is 0 Å². The fraction of sp³-hybridized carbons (Fsp3) is 0.304. The van der Waals surface area contributed by atoms with Crippen molar-refractivity contribution < 1.29 is 14.3 Å². The SMILES string of the molecule is CC(C)CN1C(=O)C(Nc2ccccc2)=C(c2ccc(OC(C)C)cc2)C1=O. The topological polar surface area (TPSA) is 58.6 Å². The van der Waals surface area contributed by atoms with Gasteiger partial charge < -0.3 is 10.1 Å². The molecule has 28 heavy (non-hydrogen) atoms. The van der Waals surface area contributed by atoms with Gasteiger partial charge in [0.1, 0.15) is 11.4 Å². The van der Waals surface area contributed by atoms with Crippen LogP contribution >= 0.6 is 0 Å². The van der Waals surface area contributed by atoms with Gasteiger partial charge in [0.25, 0.3) is 11.8 Å². The van der Waals surface area contributed by atoms with E-state index < -0.39 is 0 Å². The van der Waals surface area contributed by atoms with Gasteiger partial charge in [0.2, 0.25) is 0 Å². The zero-order chi connectivity index (χ0) is 20.3. The molecule has 0 saturated carbocycles. The van der Waals surface area contributed by atoms with Crippen LogP contribution in [0, 0.1) is 5.92 Å². The van der Waals surface area contributed by atoms with E-state index in [-0.39, 0.29) is 23.8 Å². The normalized spacial score (nSPS) is 14.4. The molecule has 2 aromatic rings. The van der Waals surface area contributed by atoms with Crippen molar-refractivity contribution in [1.82, 2.24) is 4.90 Å². The maximum absolute atomic E-state index is 13.1. The first-order valence-electron chi connectivity index (χ1n) is 9.56. The van der Waals surface area contributed by atoms with Gasteiger partial charge in [-0.15, -0.1) is 0 Å². The maximum Gasteiger partial charge on any atom is 0.278 e. The number of ether oxygens (including phenoxy) is 1. The Balaban J connectivity index is 2.00. The Morgan fingerprint density at radius 3 is 2.11 bits per heavy atom. The van der Waals surface area contributed by atoms with E-state index in [2.05, 4.69) is 5.32 Å². The molecule has 146 valence electrons. The van der Waals surface area contributed by atoms with Crippen LogP contribution in [0.15, 0.2) is 60.3 Å². The fourth-order valence-corrected chi connectivity index (χ4v) is 3.13. The molecular weight excluding hydrogens is 352 g/mol. The molecule has 0 spiro atoms. The summed E-state index contributed by atoms with van der Waals surface area (Å²) in [4.78, 5) is 27.4. The zero-order valence-electron chi connectivity index (χ0n) is 16.7. The number of rotatable bonds is 7. The van der Waals surface area contributed by atoms with Crippen molar-refractivity contribution in [2.24, 2.45) is 5.92 Å². The molecule has 0 fully saturated rings. The van der Waals surface area contributed by atoms with E-state index in [1.54, 1.807) is 0 Å². The average Bonchev–Trinajstić information content (AvgIpc) is 2.87. The van der Waals surface area contributed by atoms with E-state index >= 15 is 0 Å². The predicted octanol–water partition coefficient (Wildman–Crippen LogP) is 4.32. The van der Waals surface area contributed by atoms with Crippen molar-refractivity contribution in [3.8, 4) is 5.75 Å². The third-order valence-corrected chi connectivity index (χ3v) is 4.27. The molecule has 0 bridgehead atoms. The molecule has 1 aliphatic rings. The zero-order valence-corrected chi connectivity index (χ0v) is 16.7. The number of nitrogens with zero attached hydrogens (tertiary/aromatic N) is 1. The quantitative estimate of drug-likeness (QED) is 0.729. The van der Waals surface area contributed by atoms with Gasteiger partial charge in [0.15, 0.2) is 0 Å². The molecule has 3 rings (SSSR count). The number of hydrogen-bond donors (Lipinski definition) is 1. The van der Waals surface area contributed by atoms with E-state index in [1.807, 2.05) is 82.3 Å². The van der Waals surface area contributed by atoms with Crippen LogP contribution in [0.1, 0.15) is 33.3 Å². The molecule has 1 N–H and O–H groups in total. The Kier molecular flexibility index (Phi) is 5.83. The van der Waals surface area contributed by atoms with Gasteiger partial charge in [-0.2, -0.15) is 0 Å². The Bertz CT molecular complexity index is 884. The first-order valence-corrected chi connectivity index (χ1v) is 9.56. The second-order valence-corrected chi connectivity index (χ2v) is 7.55. The van der Waals surface area contributed by atoms with Crippen molar-refractivity contribution in [3.63, 3.8) is 0 Å². The number of para-hydroxylation sites is 1. The number of benzene rings is 2. The standard InChI is InChI=1S/C23H26N2O3/c1-15(2)14-25-22(26)20(17-10-12-19(13-11-17)28-16(3)4)21(23(25)27)24-18-8-6-5-7-9-18/h5-13,15-16,24H,14H2,1-4H3. The summed E-state index contributed by atoms with van der Waals surface area (Å²) in [5.74, 6) is 0.356. The average molecular weight is 378 g/mol. The fourth-order valence-electron chi connectivity index (χ4n) is 3.13. The highest BCUT2D eigenvalue weighted by Gasteiger charge is 2.39. The third kappa shape index (κ3) is 4.25. The molecule has 0 aromatic heterocycles. The highest BCUT2D eigenvalue weighted by molar-refractivity contribution is 6.36. The Morgan fingerprint density at radius 2 is 1.54 bits per heavy atom. The van der Waals surface area contributed by atoms with E-state index in [4.69, 9.17) is 4.74 Å². The summed E-state index contributed by atoms with van der Waals surface area (Å²) in [5, 5.41) is 3.16. The van der Waals surface area contributed by atoms with Crippen LogP contribution in [0.25, 0.3) is 5.57 Å². The van der Waals surface area contributed by atoms with Gasteiger partial charge in [0, 0.05) is 12.2 Å². The van der Waals surface area contributed by atoms with Crippen LogP contribution in [0.3, 0.4) is 0 Å². The van der Waals surface area contributed by atoms with Crippen LogP contribution in [0.5, 0.6) is 5.75 Å².